The minimum Gasteiger partial charge on any atom is -0.313 e. The third kappa shape index (κ3) is 3.88. The third-order valence-electron chi connectivity index (χ3n) is 3.02. The summed E-state index contributed by atoms with van der Waals surface area (Å²) in [4.78, 5) is 0. The fourth-order valence-electron chi connectivity index (χ4n) is 2.05. The molecule has 0 spiro atoms. The lowest BCUT2D eigenvalue weighted by atomic mass is 9.98. The van der Waals surface area contributed by atoms with Gasteiger partial charge in [0.15, 0.2) is 0 Å². The maximum Gasteiger partial charge on any atom is 0.129 e. The van der Waals surface area contributed by atoms with E-state index >= 15 is 0 Å². The van der Waals surface area contributed by atoms with Crippen LogP contribution < -0.4 is 5.32 Å². The lowest BCUT2D eigenvalue weighted by Crippen LogP contribution is -2.20. The van der Waals surface area contributed by atoms with Gasteiger partial charge in [-0.05, 0) is 43.3 Å². The van der Waals surface area contributed by atoms with Crippen LogP contribution in [0.25, 0.3) is 0 Å². The molecule has 100 valence electrons. The number of likely N-dealkylation sites (N-methyl/N-ethyl adjacent to an activating group) is 1. The van der Waals surface area contributed by atoms with E-state index in [1.165, 1.54) is 6.07 Å². The predicted molar refractivity (Wildman–Crippen MR) is 83.7 cm³/mol. The SMILES string of the molecule is CNC(Cc1cccc(Br)c1)c1ccc(Br)cc1F. The quantitative estimate of drug-likeness (QED) is 0.791. The van der Waals surface area contributed by atoms with E-state index < -0.39 is 0 Å². The average molecular weight is 387 g/mol. The summed E-state index contributed by atoms with van der Waals surface area (Å²) in [5.41, 5.74) is 1.85. The Morgan fingerprint density at radius 1 is 1.11 bits per heavy atom. The van der Waals surface area contributed by atoms with Crippen molar-refractivity contribution in [1.82, 2.24) is 5.32 Å². The van der Waals surface area contributed by atoms with Crippen LogP contribution in [-0.2, 0) is 6.42 Å². The van der Waals surface area contributed by atoms with Crippen LogP contribution in [-0.4, -0.2) is 7.05 Å². The summed E-state index contributed by atoms with van der Waals surface area (Å²) in [5, 5.41) is 3.18. The number of rotatable bonds is 4. The minimum absolute atomic E-state index is 0.0394. The first-order valence-electron chi connectivity index (χ1n) is 5.97. The van der Waals surface area contributed by atoms with Crippen molar-refractivity contribution in [3.05, 3.63) is 68.4 Å². The number of benzene rings is 2. The van der Waals surface area contributed by atoms with Crippen molar-refractivity contribution in [3.63, 3.8) is 0 Å². The van der Waals surface area contributed by atoms with Crippen LogP contribution in [0.2, 0.25) is 0 Å². The van der Waals surface area contributed by atoms with E-state index in [0.717, 1.165) is 20.9 Å². The fraction of sp³-hybridized carbons (Fsp3) is 0.200. The van der Waals surface area contributed by atoms with Crippen molar-refractivity contribution in [2.45, 2.75) is 12.5 Å². The standard InChI is InChI=1S/C15H14Br2FN/c1-19-15(8-10-3-2-4-11(16)7-10)13-6-5-12(17)9-14(13)18/h2-7,9,15,19H,8H2,1H3. The zero-order valence-corrected chi connectivity index (χ0v) is 13.6. The second-order valence-corrected chi connectivity index (χ2v) is 6.17. The molecule has 0 aliphatic carbocycles. The normalized spacial score (nSPS) is 12.4. The zero-order valence-electron chi connectivity index (χ0n) is 10.5. The molecule has 1 atom stereocenters. The monoisotopic (exact) mass is 385 g/mol. The molecule has 0 aliphatic heterocycles. The summed E-state index contributed by atoms with van der Waals surface area (Å²) >= 11 is 6.73. The van der Waals surface area contributed by atoms with Gasteiger partial charge in [-0.1, -0.05) is 50.1 Å². The topological polar surface area (TPSA) is 12.0 Å². The van der Waals surface area contributed by atoms with Gasteiger partial charge in [0.05, 0.1) is 0 Å². The summed E-state index contributed by atoms with van der Waals surface area (Å²) in [6.07, 6.45) is 0.745. The molecule has 0 aliphatic rings. The predicted octanol–water partition coefficient (Wildman–Crippen LogP) is 4.85. The molecule has 19 heavy (non-hydrogen) atoms. The molecule has 2 aromatic rings. The van der Waals surface area contributed by atoms with Crippen LogP contribution in [0.15, 0.2) is 51.4 Å². The molecule has 2 aromatic carbocycles. The van der Waals surface area contributed by atoms with Gasteiger partial charge in [0.25, 0.3) is 0 Å². The Hall–Kier alpha value is -0.710. The molecular weight excluding hydrogens is 373 g/mol. The summed E-state index contributed by atoms with van der Waals surface area (Å²) in [5.74, 6) is -0.191. The summed E-state index contributed by atoms with van der Waals surface area (Å²) in [6, 6.07) is 13.2. The van der Waals surface area contributed by atoms with Gasteiger partial charge in [0, 0.05) is 20.6 Å². The number of nitrogens with one attached hydrogen (secondary N) is 1. The lowest BCUT2D eigenvalue weighted by molar-refractivity contribution is 0.533. The first kappa shape index (κ1) is 14.7. The van der Waals surface area contributed by atoms with E-state index in [0.29, 0.717) is 5.56 Å². The van der Waals surface area contributed by atoms with Crippen LogP contribution in [0, 0.1) is 5.82 Å². The Balaban J connectivity index is 2.25. The largest absolute Gasteiger partial charge is 0.313 e. The van der Waals surface area contributed by atoms with Crippen molar-refractivity contribution >= 4 is 31.9 Å². The van der Waals surface area contributed by atoms with Crippen molar-refractivity contribution in [1.29, 1.82) is 0 Å². The Morgan fingerprint density at radius 2 is 1.84 bits per heavy atom. The van der Waals surface area contributed by atoms with Crippen molar-refractivity contribution in [2.75, 3.05) is 7.05 Å². The average Bonchev–Trinajstić information content (AvgIpc) is 2.37. The molecule has 2 rings (SSSR count). The van der Waals surface area contributed by atoms with E-state index in [1.54, 1.807) is 0 Å². The number of hydrogen-bond donors (Lipinski definition) is 1. The fourth-order valence-corrected chi connectivity index (χ4v) is 2.83. The Kier molecular flexibility index (Phi) is 5.13. The molecule has 0 saturated carbocycles. The zero-order chi connectivity index (χ0) is 13.8. The molecule has 1 nitrogen and oxygen atoms in total. The molecule has 0 radical (unpaired) electrons. The molecule has 0 saturated heterocycles. The highest BCUT2D eigenvalue weighted by Crippen LogP contribution is 2.24. The minimum atomic E-state index is -0.191. The van der Waals surface area contributed by atoms with E-state index in [1.807, 2.05) is 37.4 Å². The summed E-state index contributed by atoms with van der Waals surface area (Å²) in [7, 11) is 1.85. The van der Waals surface area contributed by atoms with E-state index in [4.69, 9.17) is 0 Å². The third-order valence-corrected chi connectivity index (χ3v) is 4.00. The molecule has 4 heteroatoms. The molecule has 0 aromatic heterocycles. The highest BCUT2D eigenvalue weighted by molar-refractivity contribution is 9.10. The summed E-state index contributed by atoms with van der Waals surface area (Å²) < 4.78 is 15.8. The molecule has 0 fully saturated rings. The lowest BCUT2D eigenvalue weighted by Gasteiger charge is -2.18. The second-order valence-electron chi connectivity index (χ2n) is 4.34. The smallest absolute Gasteiger partial charge is 0.129 e. The van der Waals surface area contributed by atoms with Gasteiger partial charge in [0.1, 0.15) is 5.82 Å². The highest BCUT2D eigenvalue weighted by atomic mass is 79.9. The number of hydrogen-bond acceptors (Lipinski definition) is 1. The van der Waals surface area contributed by atoms with Crippen molar-refractivity contribution < 1.29 is 4.39 Å². The van der Waals surface area contributed by atoms with Gasteiger partial charge in [-0.25, -0.2) is 4.39 Å². The molecular formula is C15H14Br2FN. The second kappa shape index (κ2) is 6.64. The molecule has 0 bridgehead atoms. The molecule has 0 amide bonds. The van der Waals surface area contributed by atoms with Crippen LogP contribution in [0.4, 0.5) is 4.39 Å². The Labute approximate surface area is 129 Å². The van der Waals surface area contributed by atoms with Gasteiger partial charge in [-0.15, -0.1) is 0 Å². The van der Waals surface area contributed by atoms with Gasteiger partial charge < -0.3 is 5.32 Å². The molecule has 1 unspecified atom stereocenters. The van der Waals surface area contributed by atoms with Crippen LogP contribution in [0.3, 0.4) is 0 Å². The van der Waals surface area contributed by atoms with E-state index in [2.05, 4.69) is 43.2 Å². The molecule has 1 N–H and O–H groups in total. The van der Waals surface area contributed by atoms with Gasteiger partial charge in [0.2, 0.25) is 0 Å². The van der Waals surface area contributed by atoms with Crippen molar-refractivity contribution in [2.24, 2.45) is 0 Å². The Morgan fingerprint density at radius 3 is 2.47 bits per heavy atom. The van der Waals surface area contributed by atoms with Crippen molar-refractivity contribution in [3.8, 4) is 0 Å². The van der Waals surface area contributed by atoms with Gasteiger partial charge >= 0.3 is 0 Å². The first-order valence-corrected chi connectivity index (χ1v) is 7.55. The van der Waals surface area contributed by atoms with Crippen LogP contribution >= 0.6 is 31.9 Å². The van der Waals surface area contributed by atoms with Crippen LogP contribution in [0.1, 0.15) is 17.2 Å². The summed E-state index contributed by atoms with van der Waals surface area (Å²) in [6.45, 7) is 0. The molecule has 0 heterocycles. The number of halogens is 3. The maximum absolute atomic E-state index is 14.0. The highest BCUT2D eigenvalue weighted by Gasteiger charge is 2.14. The van der Waals surface area contributed by atoms with Gasteiger partial charge in [-0.2, -0.15) is 0 Å². The van der Waals surface area contributed by atoms with E-state index in [-0.39, 0.29) is 11.9 Å². The van der Waals surface area contributed by atoms with E-state index in [9.17, 15) is 4.39 Å². The van der Waals surface area contributed by atoms with Crippen LogP contribution in [0.5, 0.6) is 0 Å². The maximum atomic E-state index is 14.0. The Bertz CT molecular complexity index is 572. The van der Waals surface area contributed by atoms with Gasteiger partial charge in [-0.3, -0.25) is 0 Å². The first-order chi connectivity index (χ1) is 9.10.